The molecule has 5 nitrogen and oxygen atoms in total. The highest BCUT2D eigenvalue weighted by Crippen LogP contribution is 2.20. The van der Waals surface area contributed by atoms with Gasteiger partial charge in [0.15, 0.2) is 0 Å². The molecule has 0 bridgehead atoms. The number of carboxylic acid groups (broad SMARTS) is 1. The normalized spacial score (nSPS) is 28.2. The molecule has 0 aromatic heterocycles. The summed E-state index contributed by atoms with van der Waals surface area (Å²) in [6.07, 6.45) is 0.571. The van der Waals surface area contributed by atoms with E-state index in [9.17, 15) is 4.79 Å². The van der Waals surface area contributed by atoms with E-state index in [1.54, 1.807) is 7.11 Å². The Morgan fingerprint density at radius 2 is 2.06 bits per heavy atom. The summed E-state index contributed by atoms with van der Waals surface area (Å²) in [6, 6.07) is -0.428. The second-order valence-electron chi connectivity index (χ2n) is 3.98. The van der Waals surface area contributed by atoms with Crippen molar-refractivity contribution >= 4 is 5.97 Å². The van der Waals surface area contributed by atoms with Gasteiger partial charge in [-0.1, -0.05) is 6.92 Å². The topological polar surface area (TPSA) is 59.0 Å². The van der Waals surface area contributed by atoms with Gasteiger partial charge in [0.25, 0.3) is 0 Å². The number of likely N-dealkylation sites (tertiary alicyclic amines) is 1. The van der Waals surface area contributed by atoms with Gasteiger partial charge in [-0.3, -0.25) is 9.69 Å². The number of hydrogen-bond donors (Lipinski definition) is 1. The van der Waals surface area contributed by atoms with Crippen LogP contribution in [-0.2, 0) is 14.3 Å². The van der Waals surface area contributed by atoms with E-state index in [-0.39, 0.29) is 12.2 Å². The van der Waals surface area contributed by atoms with Crippen molar-refractivity contribution in [3.05, 3.63) is 0 Å². The molecule has 0 aromatic carbocycles. The molecule has 1 rings (SSSR count). The van der Waals surface area contributed by atoms with Crippen LogP contribution in [0.5, 0.6) is 0 Å². The van der Waals surface area contributed by atoms with Crippen molar-refractivity contribution in [2.45, 2.75) is 38.5 Å². The lowest BCUT2D eigenvalue weighted by Gasteiger charge is -2.22. The lowest BCUT2D eigenvalue weighted by Crippen LogP contribution is -2.40. The van der Waals surface area contributed by atoms with E-state index in [4.69, 9.17) is 14.6 Å². The second kappa shape index (κ2) is 6.18. The Morgan fingerprint density at radius 1 is 1.44 bits per heavy atom. The first kappa shape index (κ1) is 13.4. The van der Waals surface area contributed by atoms with Gasteiger partial charge in [0.05, 0.1) is 12.2 Å². The molecule has 0 unspecified atom stereocenters. The molecule has 1 saturated heterocycles. The summed E-state index contributed by atoms with van der Waals surface area (Å²) in [5.74, 6) is -0.769. The van der Waals surface area contributed by atoms with E-state index < -0.39 is 12.0 Å². The Labute approximate surface area is 96.3 Å². The summed E-state index contributed by atoms with van der Waals surface area (Å²) in [6.45, 7) is 5.71. The highest BCUT2D eigenvalue weighted by atomic mass is 16.5. The van der Waals surface area contributed by atoms with Crippen LogP contribution in [0.15, 0.2) is 0 Å². The van der Waals surface area contributed by atoms with E-state index >= 15 is 0 Å². The maximum absolute atomic E-state index is 11.1. The maximum Gasteiger partial charge on any atom is 0.320 e. The fraction of sp³-hybridized carbons (Fsp3) is 0.909. The molecule has 1 aliphatic rings. The molecule has 1 N–H and O–H groups in total. The largest absolute Gasteiger partial charge is 0.480 e. The number of hydrogen-bond acceptors (Lipinski definition) is 4. The summed E-state index contributed by atoms with van der Waals surface area (Å²) in [5.41, 5.74) is 0. The Balaban J connectivity index is 2.61. The zero-order valence-electron chi connectivity index (χ0n) is 10.2. The third kappa shape index (κ3) is 2.93. The van der Waals surface area contributed by atoms with Gasteiger partial charge in [-0.25, -0.2) is 0 Å². The molecule has 0 radical (unpaired) electrons. The minimum absolute atomic E-state index is 0.0107. The predicted molar refractivity (Wildman–Crippen MR) is 59.5 cm³/mol. The molecule has 0 aromatic rings. The maximum atomic E-state index is 11.1. The number of methoxy groups -OCH3 is 1. The van der Waals surface area contributed by atoms with Gasteiger partial charge in [-0.2, -0.15) is 0 Å². The smallest absolute Gasteiger partial charge is 0.320 e. The van der Waals surface area contributed by atoms with Crippen LogP contribution >= 0.6 is 0 Å². The van der Waals surface area contributed by atoms with Crippen LogP contribution in [0.2, 0.25) is 0 Å². The van der Waals surface area contributed by atoms with Gasteiger partial charge < -0.3 is 14.6 Å². The van der Waals surface area contributed by atoms with Crippen molar-refractivity contribution in [3.63, 3.8) is 0 Å². The Kier molecular flexibility index (Phi) is 5.18. The van der Waals surface area contributed by atoms with Crippen LogP contribution in [0.1, 0.15) is 20.3 Å². The molecule has 0 aliphatic carbocycles. The first-order valence-electron chi connectivity index (χ1n) is 5.75. The fourth-order valence-corrected chi connectivity index (χ4v) is 2.22. The molecule has 1 fully saturated rings. The molecule has 0 saturated carbocycles. The fourth-order valence-electron chi connectivity index (χ4n) is 2.22. The average Bonchev–Trinajstić information content (AvgIpc) is 2.62. The van der Waals surface area contributed by atoms with Crippen LogP contribution in [0.4, 0.5) is 0 Å². The van der Waals surface area contributed by atoms with Crippen molar-refractivity contribution in [1.82, 2.24) is 4.90 Å². The first-order chi connectivity index (χ1) is 7.63. The van der Waals surface area contributed by atoms with Gasteiger partial charge in [0.2, 0.25) is 0 Å². The van der Waals surface area contributed by atoms with E-state index in [1.165, 1.54) is 0 Å². The van der Waals surface area contributed by atoms with E-state index in [0.29, 0.717) is 26.1 Å². The Morgan fingerprint density at radius 3 is 2.50 bits per heavy atom. The molecule has 0 amide bonds. The summed E-state index contributed by atoms with van der Waals surface area (Å²) >= 11 is 0. The summed E-state index contributed by atoms with van der Waals surface area (Å²) < 4.78 is 10.9. The standard InChI is InChI=1S/C11H21NO4/c1-4-8(11(13)14)12-6-9(15-3)10(7-12)16-5-2/h8-10H,4-7H2,1-3H3,(H,13,14)/t8-,9+,10-/m1/s1. The summed E-state index contributed by atoms with van der Waals surface area (Å²) in [5, 5.41) is 9.09. The Bertz CT molecular complexity index is 234. The van der Waals surface area contributed by atoms with Gasteiger partial charge in [-0.05, 0) is 13.3 Å². The number of carbonyl (C=O) groups is 1. The van der Waals surface area contributed by atoms with E-state index in [2.05, 4.69) is 0 Å². The summed E-state index contributed by atoms with van der Waals surface area (Å²) in [7, 11) is 1.64. The molecular formula is C11H21NO4. The van der Waals surface area contributed by atoms with Crippen LogP contribution in [0.25, 0.3) is 0 Å². The summed E-state index contributed by atoms with van der Waals surface area (Å²) in [4.78, 5) is 13.0. The van der Waals surface area contributed by atoms with Crippen molar-refractivity contribution in [1.29, 1.82) is 0 Å². The number of rotatable bonds is 6. The van der Waals surface area contributed by atoms with Crippen LogP contribution in [0.3, 0.4) is 0 Å². The minimum atomic E-state index is -0.769. The molecule has 5 heteroatoms. The number of aliphatic carboxylic acids is 1. The quantitative estimate of drug-likeness (QED) is 0.725. The lowest BCUT2D eigenvalue weighted by atomic mass is 10.2. The molecule has 0 spiro atoms. The van der Waals surface area contributed by atoms with Crippen molar-refractivity contribution in [2.24, 2.45) is 0 Å². The first-order valence-corrected chi connectivity index (χ1v) is 5.75. The molecular weight excluding hydrogens is 210 g/mol. The Hall–Kier alpha value is -0.650. The highest BCUT2D eigenvalue weighted by molar-refractivity contribution is 5.73. The predicted octanol–water partition coefficient (Wildman–Crippen LogP) is 0.585. The molecule has 16 heavy (non-hydrogen) atoms. The molecule has 1 heterocycles. The van der Waals surface area contributed by atoms with Gasteiger partial charge in [0.1, 0.15) is 6.04 Å². The van der Waals surface area contributed by atoms with Crippen LogP contribution in [-0.4, -0.2) is 61.0 Å². The van der Waals surface area contributed by atoms with Crippen molar-refractivity contribution in [3.8, 4) is 0 Å². The third-order valence-electron chi connectivity index (χ3n) is 3.04. The number of carboxylic acids is 1. The average molecular weight is 231 g/mol. The van der Waals surface area contributed by atoms with Gasteiger partial charge in [0, 0.05) is 26.8 Å². The van der Waals surface area contributed by atoms with Gasteiger partial charge in [-0.15, -0.1) is 0 Å². The van der Waals surface area contributed by atoms with E-state index in [1.807, 2.05) is 18.7 Å². The lowest BCUT2D eigenvalue weighted by molar-refractivity contribution is -0.143. The van der Waals surface area contributed by atoms with Gasteiger partial charge >= 0.3 is 5.97 Å². The third-order valence-corrected chi connectivity index (χ3v) is 3.04. The monoisotopic (exact) mass is 231 g/mol. The molecule has 3 atom stereocenters. The highest BCUT2D eigenvalue weighted by Gasteiger charge is 2.38. The van der Waals surface area contributed by atoms with Crippen LogP contribution < -0.4 is 0 Å². The van der Waals surface area contributed by atoms with Crippen molar-refractivity contribution < 1.29 is 19.4 Å². The van der Waals surface area contributed by atoms with Crippen LogP contribution in [0, 0.1) is 0 Å². The second-order valence-corrected chi connectivity index (χ2v) is 3.98. The SMILES string of the molecule is CCO[C@@H]1CN([C@H](CC)C(=O)O)C[C@@H]1OC. The molecule has 1 aliphatic heterocycles. The zero-order chi connectivity index (χ0) is 12.1. The molecule has 94 valence electrons. The number of nitrogens with zero attached hydrogens (tertiary/aromatic N) is 1. The van der Waals surface area contributed by atoms with E-state index in [0.717, 1.165) is 0 Å². The minimum Gasteiger partial charge on any atom is -0.480 e. The van der Waals surface area contributed by atoms with Crippen molar-refractivity contribution in [2.75, 3.05) is 26.8 Å². The zero-order valence-corrected chi connectivity index (χ0v) is 10.2. The number of ether oxygens (including phenoxy) is 2.